The van der Waals surface area contributed by atoms with Gasteiger partial charge in [0.25, 0.3) is 0 Å². The molecule has 1 fully saturated rings. The second-order valence-electron chi connectivity index (χ2n) is 4.46. The largest absolute Gasteiger partial charge is 0.491 e. The Morgan fingerprint density at radius 1 is 1.47 bits per heavy atom. The molecule has 1 heterocycles. The summed E-state index contributed by atoms with van der Waals surface area (Å²) in [6.07, 6.45) is -0.113. The maximum Gasteiger partial charge on any atom is 0.231 e. The van der Waals surface area contributed by atoms with Crippen LogP contribution < -0.4 is 10.5 Å². The standard InChI is InChI=1S/C13H17FN2O3/c14-10-1-3-11(4-2-10)19-9-12-7-16(5-6-18-12)8-13(15)17/h1-4,12H,5-9H2,(H2,15,17)/t12-/m0/s1. The molecule has 0 bridgehead atoms. The number of carbonyl (C=O) groups excluding carboxylic acids is 1. The molecule has 0 radical (unpaired) electrons. The number of hydrogen-bond acceptors (Lipinski definition) is 4. The summed E-state index contributed by atoms with van der Waals surface area (Å²) in [4.78, 5) is 12.8. The maximum absolute atomic E-state index is 12.7. The van der Waals surface area contributed by atoms with Gasteiger partial charge in [0.2, 0.25) is 5.91 Å². The molecule has 0 aromatic heterocycles. The first-order chi connectivity index (χ1) is 9.13. The molecule has 1 aliphatic rings. The van der Waals surface area contributed by atoms with Crippen molar-refractivity contribution in [3.63, 3.8) is 0 Å². The van der Waals surface area contributed by atoms with Crippen LogP contribution in [0.5, 0.6) is 5.75 Å². The Kier molecular flexibility index (Phi) is 4.70. The summed E-state index contributed by atoms with van der Waals surface area (Å²) >= 11 is 0. The van der Waals surface area contributed by atoms with Crippen molar-refractivity contribution in [2.45, 2.75) is 6.10 Å². The van der Waals surface area contributed by atoms with Gasteiger partial charge in [-0.05, 0) is 24.3 Å². The third-order valence-electron chi connectivity index (χ3n) is 2.85. The first-order valence-corrected chi connectivity index (χ1v) is 6.14. The van der Waals surface area contributed by atoms with E-state index in [9.17, 15) is 9.18 Å². The fourth-order valence-electron chi connectivity index (χ4n) is 1.97. The zero-order valence-electron chi connectivity index (χ0n) is 10.5. The Bertz CT molecular complexity index is 424. The van der Waals surface area contributed by atoms with Crippen LogP contribution in [-0.2, 0) is 9.53 Å². The quantitative estimate of drug-likeness (QED) is 0.839. The zero-order chi connectivity index (χ0) is 13.7. The molecular formula is C13H17FN2O3. The van der Waals surface area contributed by atoms with Crippen molar-refractivity contribution in [2.24, 2.45) is 5.73 Å². The van der Waals surface area contributed by atoms with Crippen LogP contribution in [0.15, 0.2) is 24.3 Å². The summed E-state index contributed by atoms with van der Waals surface area (Å²) in [7, 11) is 0. The molecule has 19 heavy (non-hydrogen) atoms. The van der Waals surface area contributed by atoms with Gasteiger partial charge in [-0.2, -0.15) is 0 Å². The lowest BCUT2D eigenvalue weighted by molar-refractivity contribution is -0.121. The van der Waals surface area contributed by atoms with E-state index < -0.39 is 0 Å². The monoisotopic (exact) mass is 268 g/mol. The molecular weight excluding hydrogens is 251 g/mol. The van der Waals surface area contributed by atoms with E-state index in [0.717, 1.165) is 0 Å². The fourth-order valence-corrected chi connectivity index (χ4v) is 1.97. The first kappa shape index (κ1) is 13.8. The summed E-state index contributed by atoms with van der Waals surface area (Å²) in [6.45, 7) is 2.43. The van der Waals surface area contributed by atoms with Gasteiger partial charge < -0.3 is 15.2 Å². The topological polar surface area (TPSA) is 64.8 Å². The Balaban J connectivity index is 1.79. The molecule has 0 aliphatic carbocycles. The van der Waals surface area contributed by atoms with E-state index in [-0.39, 0.29) is 24.4 Å². The number of nitrogens with two attached hydrogens (primary N) is 1. The summed E-state index contributed by atoms with van der Waals surface area (Å²) < 4.78 is 23.8. The third-order valence-corrected chi connectivity index (χ3v) is 2.85. The van der Waals surface area contributed by atoms with Crippen LogP contribution in [0.2, 0.25) is 0 Å². The predicted molar refractivity (Wildman–Crippen MR) is 67.3 cm³/mol. The van der Waals surface area contributed by atoms with Crippen molar-refractivity contribution in [3.8, 4) is 5.75 Å². The number of benzene rings is 1. The fraction of sp³-hybridized carbons (Fsp3) is 0.462. The van der Waals surface area contributed by atoms with Crippen molar-refractivity contribution in [3.05, 3.63) is 30.1 Å². The lowest BCUT2D eigenvalue weighted by Crippen LogP contribution is -2.47. The summed E-state index contributed by atoms with van der Waals surface area (Å²) in [5.74, 6) is -0.0500. The number of halogens is 1. The molecule has 1 atom stereocenters. The molecule has 2 N–H and O–H groups in total. The Morgan fingerprint density at radius 3 is 2.89 bits per heavy atom. The smallest absolute Gasteiger partial charge is 0.231 e. The number of amides is 1. The van der Waals surface area contributed by atoms with Gasteiger partial charge in [-0.15, -0.1) is 0 Å². The molecule has 1 aromatic rings. The van der Waals surface area contributed by atoms with E-state index in [0.29, 0.717) is 32.1 Å². The van der Waals surface area contributed by atoms with E-state index in [1.54, 1.807) is 12.1 Å². The van der Waals surface area contributed by atoms with Gasteiger partial charge in [0, 0.05) is 13.1 Å². The Labute approximate surface area is 111 Å². The highest BCUT2D eigenvalue weighted by molar-refractivity contribution is 5.75. The molecule has 1 saturated heterocycles. The van der Waals surface area contributed by atoms with Crippen LogP contribution in [0.25, 0.3) is 0 Å². The molecule has 6 heteroatoms. The second kappa shape index (κ2) is 6.49. The third kappa shape index (κ3) is 4.50. The van der Waals surface area contributed by atoms with Gasteiger partial charge in [0.15, 0.2) is 0 Å². The number of morpholine rings is 1. The summed E-state index contributed by atoms with van der Waals surface area (Å²) in [5.41, 5.74) is 5.16. The van der Waals surface area contributed by atoms with Crippen molar-refractivity contribution < 1.29 is 18.7 Å². The van der Waals surface area contributed by atoms with E-state index >= 15 is 0 Å². The molecule has 2 rings (SSSR count). The Hall–Kier alpha value is -1.66. The predicted octanol–water partition coefficient (Wildman–Crippen LogP) is 0.391. The number of hydrogen-bond donors (Lipinski definition) is 1. The summed E-state index contributed by atoms with van der Waals surface area (Å²) in [5, 5.41) is 0. The molecule has 104 valence electrons. The highest BCUT2D eigenvalue weighted by Gasteiger charge is 2.21. The van der Waals surface area contributed by atoms with Gasteiger partial charge >= 0.3 is 0 Å². The first-order valence-electron chi connectivity index (χ1n) is 6.14. The highest BCUT2D eigenvalue weighted by Crippen LogP contribution is 2.13. The van der Waals surface area contributed by atoms with Crippen molar-refractivity contribution in [2.75, 3.05) is 32.8 Å². The van der Waals surface area contributed by atoms with Gasteiger partial charge in [0.05, 0.1) is 13.2 Å². The molecule has 0 spiro atoms. The SMILES string of the molecule is NC(=O)CN1CCO[C@H](COc2ccc(F)cc2)C1. The lowest BCUT2D eigenvalue weighted by Gasteiger charge is -2.31. The van der Waals surface area contributed by atoms with E-state index in [1.807, 2.05) is 4.90 Å². The minimum Gasteiger partial charge on any atom is -0.491 e. The molecule has 0 unspecified atom stereocenters. The number of ether oxygens (including phenoxy) is 2. The zero-order valence-corrected chi connectivity index (χ0v) is 10.5. The number of rotatable bonds is 5. The minimum atomic E-state index is -0.347. The normalized spacial score (nSPS) is 20.2. The molecule has 1 aliphatic heterocycles. The second-order valence-corrected chi connectivity index (χ2v) is 4.46. The number of primary amides is 1. The molecule has 0 saturated carbocycles. The average Bonchev–Trinajstić information content (AvgIpc) is 2.38. The van der Waals surface area contributed by atoms with Crippen LogP contribution in [0.1, 0.15) is 0 Å². The molecule has 1 aromatic carbocycles. The van der Waals surface area contributed by atoms with Crippen molar-refractivity contribution >= 4 is 5.91 Å². The lowest BCUT2D eigenvalue weighted by atomic mass is 10.2. The van der Waals surface area contributed by atoms with Crippen molar-refractivity contribution in [1.82, 2.24) is 4.90 Å². The van der Waals surface area contributed by atoms with E-state index in [4.69, 9.17) is 15.2 Å². The number of carbonyl (C=O) groups is 1. The van der Waals surface area contributed by atoms with Gasteiger partial charge in [-0.25, -0.2) is 4.39 Å². The van der Waals surface area contributed by atoms with Crippen LogP contribution in [-0.4, -0.2) is 49.8 Å². The number of nitrogens with zero attached hydrogens (tertiary/aromatic N) is 1. The van der Waals surface area contributed by atoms with Crippen LogP contribution in [0.4, 0.5) is 4.39 Å². The molecule has 1 amide bonds. The molecule has 5 nitrogen and oxygen atoms in total. The minimum absolute atomic E-state index is 0.113. The van der Waals surface area contributed by atoms with Gasteiger partial charge in [-0.3, -0.25) is 9.69 Å². The van der Waals surface area contributed by atoms with Crippen LogP contribution in [0, 0.1) is 5.82 Å². The van der Waals surface area contributed by atoms with Crippen LogP contribution >= 0.6 is 0 Å². The van der Waals surface area contributed by atoms with Gasteiger partial charge in [0.1, 0.15) is 24.3 Å². The van der Waals surface area contributed by atoms with E-state index in [1.165, 1.54) is 12.1 Å². The summed E-state index contributed by atoms with van der Waals surface area (Å²) in [6, 6.07) is 5.82. The van der Waals surface area contributed by atoms with Crippen LogP contribution in [0.3, 0.4) is 0 Å². The highest BCUT2D eigenvalue weighted by atomic mass is 19.1. The van der Waals surface area contributed by atoms with E-state index in [2.05, 4.69) is 0 Å². The Morgan fingerprint density at radius 2 is 2.21 bits per heavy atom. The van der Waals surface area contributed by atoms with Crippen molar-refractivity contribution in [1.29, 1.82) is 0 Å². The average molecular weight is 268 g/mol. The maximum atomic E-state index is 12.7. The van der Waals surface area contributed by atoms with Gasteiger partial charge in [-0.1, -0.05) is 0 Å².